The molecule has 5 nitrogen and oxygen atoms in total. The van der Waals surface area contributed by atoms with E-state index in [9.17, 15) is 8.42 Å². The number of sulfonamides is 1. The van der Waals surface area contributed by atoms with Crippen LogP contribution in [0.1, 0.15) is 32.3 Å². The molecule has 0 amide bonds. The Balaban J connectivity index is 3.14. The highest BCUT2D eigenvalue weighted by Gasteiger charge is 2.29. The maximum absolute atomic E-state index is 12.7. The third-order valence-electron chi connectivity index (χ3n) is 3.44. The van der Waals surface area contributed by atoms with E-state index in [0.717, 1.165) is 18.4 Å². The van der Waals surface area contributed by atoms with Crippen LogP contribution in [0.5, 0.6) is 0 Å². The van der Waals surface area contributed by atoms with Crippen LogP contribution in [0.15, 0.2) is 29.2 Å². The largest absolute Gasteiger partial charge is 0.395 e. The first-order valence-corrected chi connectivity index (χ1v) is 8.36. The maximum atomic E-state index is 12.7. The van der Waals surface area contributed by atoms with Gasteiger partial charge in [0.25, 0.3) is 0 Å². The lowest BCUT2D eigenvalue weighted by molar-refractivity contribution is 0.219. The highest BCUT2D eigenvalue weighted by Crippen LogP contribution is 2.21. The van der Waals surface area contributed by atoms with Gasteiger partial charge in [0.05, 0.1) is 11.5 Å². The quantitative estimate of drug-likeness (QED) is 0.758. The maximum Gasteiger partial charge on any atom is 0.243 e. The number of aliphatic hydroxyl groups excluding tert-OH is 1. The molecule has 0 fully saturated rings. The number of nitrogens with two attached hydrogens (primary N) is 1. The highest BCUT2D eigenvalue weighted by atomic mass is 32.2. The summed E-state index contributed by atoms with van der Waals surface area (Å²) in [5.74, 6) is 0. The Bertz CT molecular complexity index is 496. The molecule has 1 aromatic carbocycles. The number of rotatable bonds is 8. The third kappa shape index (κ3) is 3.79. The average molecular weight is 300 g/mol. The molecule has 0 aliphatic carbocycles. The summed E-state index contributed by atoms with van der Waals surface area (Å²) in [7, 11) is -3.58. The van der Waals surface area contributed by atoms with Crippen LogP contribution < -0.4 is 5.73 Å². The van der Waals surface area contributed by atoms with E-state index >= 15 is 0 Å². The Morgan fingerprint density at radius 3 is 2.15 bits per heavy atom. The van der Waals surface area contributed by atoms with E-state index < -0.39 is 10.0 Å². The van der Waals surface area contributed by atoms with Crippen molar-refractivity contribution in [3.63, 3.8) is 0 Å². The second-order valence-corrected chi connectivity index (χ2v) is 6.55. The van der Waals surface area contributed by atoms with E-state index in [0.29, 0.717) is 6.54 Å². The molecular weight excluding hydrogens is 276 g/mol. The monoisotopic (exact) mass is 300 g/mol. The van der Waals surface area contributed by atoms with Gasteiger partial charge in [-0.1, -0.05) is 26.0 Å². The van der Waals surface area contributed by atoms with Crippen LogP contribution in [0.25, 0.3) is 0 Å². The average Bonchev–Trinajstić information content (AvgIpc) is 2.47. The van der Waals surface area contributed by atoms with Crippen molar-refractivity contribution in [3.05, 3.63) is 29.8 Å². The summed E-state index contributed by atoms with van der Waals surface area (Å²) in [5, 5.41) is 9.15. The topological polar surface area (TPSA) is 83.6 Å². The van der Waals surface area contributed by atoms with E-state index in [1.54, 1.807) is 24.3 Å². The Kier molecular flexibility index (Phi) is 6.61. The van der Waals surface area contributed by atoms with E-state index in [2.05, 4.69) is 0 Å². The lowest BCUT2D eigenvalue weighted by Gasteiger charge is -2.29. The standard InChI is InChI=1S/C14H24N2O3S/c1-3-13(4-2)16(9-10-17)20(18,19)14-7-5-12(11-15)6-8-14/h5-8,13,17H,3-4,9-11,15H2,1-2H3. The molecule has 0 saturated heterocycles. The molecule has 0 radical (unpaired) electrons. The highest BCUT2D eigenvalue weighted by molar-refractivity contribution is 7.89. The normalized spacial score (nSPS) is 12.3. The van der Waals surface area contributed by atoms with Crippen molar-refractivity contribution in [3.8, 4) is 0 Å². The van der Waals surface area contributed by atoms with Crippen molar-refractivity contribution >= 4 is 10.0 Å². The predicted octanol–water partition coefficient (Wildman–Crippen LogP) is 1.32. The van der Waals surface area contributed by atoms with Gasteiger partial charge in [0, 0.05) is 19.1 Å². The molecule has 1 aromatic rings. The van der Waals surface area contributed by atoms with Crippen molar-refractivity contribution in [2.75, 3.05) is 13.2 Å². The molecule has 6 heteroatoms. The summed E-state index contributed by atoms with van der Waals surface area (Å²) in [4.78, 5) is 0.245. The van der Waals surface area contributed by atoms with Crippen molar-refractivity contribution < 1.29 is 13.5 Å². The molecule has 3 N–H and O–H groups in total. The minimum Gasteiger partial charge on any atom is -0.395 e. The molecule has 0 aliphatic rings. The van der Waals surface area contributed by atoms with Gasteiger partial charge >= 0.3 is 0 Å². The van der Waals surface area contributed by atoms with Crippen LogP contribution in [0, 0.1) is 0 Å². The Morgan fingerprint density at radius 1 is 1.20 bits per heavy atom. The molecule has 0 heterocycles. The van der Waals surface area contributed by atoms with Crippen LogP contribution in [-0.4, -0.2) is 37.0 Å². The van der Waals surface area contributed by atoms with Gasteiger partial charge < -0.3 is 10.8 Å². The summed E-state index contributed by atoms with van der Waals surface area (Å²) in [6.45, 7) is 4.22. The van der Waals surface area contributed by atoms with E-state index in [4.69, 9.17) is 10.8 Å². The van der Waals surface area contributed by atoms with Gasteiger partial charge in [-0.25, -0.2) is 8.42 Å². The first-order chi connectivity index (χ1) is 9.51. The SMILES string of the molecule is CCC(CC)N(CCO)S(=O)(=O)c1ccc(CN)cc1. The van der Waals surface area contributed by atoms with Gasteiger partial charge in [0.2, 0.25) is 10.0 Å². The van der Waals surface area contributed by atoms with Crippen molar-refractivity contribution in [1.82, 2.24) is 4.31 Å². The van der Waals surface area contributed by atoms with Gasteiger partial charge in [0.15, 0.2) is 0 Å². The van der Waals surface area contributed by atoms with Gasteiger partial charge in [-0.15, -0.1) is 0 Å². The fraction of sp³-hybridized carbons (Fsp3) is 0.571. The van der Waals surface area contributed by atoms with Gasteiger partial charge in [-0.3, -0.25) is 0 Å². The zero-order valence-electron chi connectivity index (χ0n) is 12.1. The fourth-order valence-corrected chi connectivity index (χ4v) is 3.99. The first-order valence-electron chi connectivity index (χ1n) is 6.92. The number of hydrogen-bond acceptors (Lipinski definition) is 4. The van der Waals surface area contributed by atoms with Crippen molar-refractivity contribution in [2.24, 2.45) is 5.73 Å². The number of nitrogens with zero attached hydrogens (tertiary/aromatic N) is 1. The second-order valence-electron chi connectivity index (χ2n) is 4.66. The molecular formula is C14H24N2O3S. The molecule has 0 atom stereocenters. The van der Waals surface area contributed by atoms with Crippen molar-refractivity contribution in [1.29, 1.82) is 0 Å². The minimum atomic E-state index is -3.58. The summed E-state index contributed by atoms with van der Waals surface area (Å²) in [6, 6.07) is 6.49. The summed E-state index contributed by atoms with van der Waals surface area (Å²) < 4.78 is 26.7. The van der Waals surface area contributed by atoms with Gasteiger partial charge in [-0.05, 0) is 30.5 Å². The fourth-order valence-electron chi connectivity index (χ4n) is 2.23. The van der Waals surface area contributed by atoms with Crippen LogP contribution in [0.4, 0.5) is 0 Å². The molecule has 0 bridgehead atoms. The molecule has 0 spiro atoms. The number of aliphatic hydroxyl groups is 1. The van der Waals surface area contributed by atoms with E-state index in [-0.39, 0.29) is 24.1 Å². The van der Waals surface area contributed by atoms with E-state index in [1.165, 1.54) is 4.31 Å². The van der Waals surface area contributed by atoms with E-state index in [1.807, 2.05) is 13.8 Å². The Hall–Kier alpha value is -0.950. The zero-order chi connectivity index (χ0) is 15.2. The van der Waals surface area contributed by atoms with Crippen LogP contribution in [0.2, 0.25) is 0 Å². The molecule has 0 aromatic heterocycles. The third-order valence-corrected chi connectivity index (χ3v) is 5.40. The van der Waals surface area contributed by atoms with Crippen molar-refractivity contribution in [2.45, 2.75) is 44.2 Å². The Morgan fingerprint density at radius 2 is 1.75 bits per heavy atom. The van der Waals surface area contributed by atoms with Gasteiger partial charge in [0.1, 0.15) is 0 Å². The van der Waals surface area contributed by atoms with Gasteiger partial charge in [-0.2, -0.15) is 4.31 Å². The van der Waals surface area contributed by atoms with Crippen LogP contribution >= 0.6 is 0 Å². The summed E-state index contributed by atoms with van der Waals surface area (Å²) in [5.41, 5.74) is 6.40. The number of hydrogen-bond donors (Lipinski definition) is 2. The smallest absolute Gasteiger partial charge is 0.243 e. The predicted molar refractivity (Wildman–Crippen MR) is 79.7 cm³/mol. The number of benzene rings is 1. The summed E-state index contributed by atoms with van der Waals surface area (Å²) in [6.07, 6.45) is 1.44. The minimum absolute atomic E-state index is 0.0960. The lowest BCUT2D eigenvalue weighted by atomic mass is 10.2. The van der Waals surface area contributed by atoms with Crippen LogP contribution in [0.3, 0.4) is 0 Å². The molecule has 0 saturated carbocycles. The molecule has 1 rings (SSSR count). The molecule has 114 valence electrons. The molecule has 0 aliphatic heterocycles. The Labute approximate surface area is 121 Å². The summed E-state index contributed by atoms with van der Waals surface area (Å²) >= 11 is 0. The second kappa shape index (κ2) is 7.73. The van der Waals surface area contributed by atoms with Crippen LogP contribution in [-0.2, 0) is 16.6 Å². The molecule has 0 unspecified atom stereocenters. The lowest BCUT2D eigenvalue weighted by Crippen LogP contribution is -2.41. The molecule has 20 heavy (non-hydrogen) atoms. The first kappa shape index (κ1) is 17.1. The zero-order valence-corrected chi connectivity index (χ0v) is 12.9.